The molecule has 0 spiro atoms. The first-order valence-corrected chi connectivity index (χ1v) is 11.1. The molecule has 1 atom stereocenters. The van der Waals surface area contributed by atoms with E-state index in [1.54, 1.807) is 12.1 Å². The molecule has 3 N–H and O–H groups in total. The zero-order chi connectivity index (χ0) is 22.6. The Morgan fingerprint density at radius 3 is 2.32 bits per heavy atom. The van der Waals surface area contributed by atoms with E-state index in [9.17, 15) is 18.0 Å². The number of hydrogen-bond donors (Lipinski definition) is 2. The van der Waals surface area contributed by atoms with Crippen molar-refractivity contribution in [2.24, 2.45) is 5.14 Å². The number of nitrogens with one attached hydrogen (secondary N) is 1. The fraction of sp³-hybridized carbons (Fsp3) is 0.0909. The second-order valence-corrected chi connectivity index (χ2v) is 8.58. The maximum absolute atomic E-state index is 12.6. The molecule has 0 saturated carbocycles. The number of rotatable bonds is 6. The molecule has 0 aliphatic heterocycles. The van der Waals surface area contributed by atoms with Gasteiger partial charge in [-0.15, -0.1) is 0 Å². The zero-order valence-electron chi connectivity index (χ0n) is 16.4. The number of nitrogens with two attached hydrogens (primary N) is 1. The average Bonchev–Trinajstić information content (AvgIpc) is 2.74. The first-order valence-electron chi connectivity index (χ1n) is 9.15. The molecule has 0 aromatic heterocycles. The molecule has 3 rings (SSSR count). The smallest absolute Gasteiger partial charge is 0.338 e. The average molecular weight is 459 g/mol. The Labute approximate surface area is 184 Å². The molecule has 0 fully saturated rings. The maximum Gasteiger partial charge on any atom is 0.338 e. The highest BCUT2D eigenvalue weighted by molar-refractivity contribution is 7.89. The Morgan fingerprint density at radius 2 is 1.65 bits per heavy atom. The quantitative estimate of drug-likeness (QED) is 0.544. The summed E-state index contributed by atoms with van der Waals surface area (Å²) in [5.74, 6) is -1.43. The maximum atomic E-state index is 12.6. The molecule has 7 nitrogen and oxygen atoms in total. The number of carbonyl (C=O) groups is 2. The van der Waals surface area contributed by atoms with Gasteiger partial charge < -0.3 is 10.1 Å². The van der Waals surface area contributed by atoms with Crippen molar-refractivity contribution in [3.05, 3.63) is 83.4 Å². The summed E-state index contributed by atoms with van der Waals surface area (Å²) >= 11 is 5.82. The van der Waals surface area contributed by atoms with E-state index in [2.05, 4.69) is 5.32 Å². The Bertz CT molecular complexity index is 1230. The van der Waals surface area contributed by atoms with Gasteiger partial charge in [-0.2, -0.15) is 0 Å². The van der Waals surface area contributed by atoms with E-state index in [4.69, 9.17) is 21.5 Å². The Hall–Kier alpha value is -3.20. The predicted octanol–water partition coefficient (Wildman–Crippen LogP) is 3.84. The third kappa shape index (κ3) is 5.49. The number of anilines is 1. The van der Waals surface area contributed by atoms with Gasteiger partial charge in [0.15, 0.2) is 6.10 Å². The molecule has 0 radical (unpaired) electrons. The standard InChI is InChI=1S/C22H19ClN2O5S/c1-14(30-22(27)16-11-12-18(23)20(13-16)31(24,28)29)21(26)25-19-10-6-5-9-17(19)15-7-3-2-4-8-15/h2-14H,1H3,(H,25,26)(H2,24,28,29). The number of halogens is 1. The molecular weight excluding hydrogens is 440 g/mol. The van der Waals surface area contributed by atoms with Crippen LogP contribution in [0.1, 0.15) is 17.3 Å². The monoisotopic (exact) mass is 458 g/mol. The van der Waals surface area contributed by atoms with Crippen molar-refractivity contribution >= 4 is 39.2 Å². The summed E-state index contributed by atoms with van der Waals surface area (Å²) < 4.78 is 28.4. The van der Waals surface area contributed by atoms with Crippen molar-refractivity contribution in [3.63, 3.8) is 0 Å². The van der Waals surface area contributed by atoms with Gasteiger partial charge in [0.2, 0.25) is 10.0 Å². The number of esters is 1. The summed E-state index contributed by atoms with van der Waals surface area (Å²) in [6, 6.07) is 20.3. The highest BCUT2D eigenvalue weighted by Crippen LogP contribution is 2.28. The van der Waals surface area contributed by atoms with Crippen molar-refractivity contribution in [1.82, 2.24) is 0 Å². The van der Waals surface area contributed by atoms with Crippen molar-refractivity contribution in [1.29, 1.82) is 0 Å². The van der Waals surface area contributed by atoms with Crippen LogP contribution in [0.2, 0.25) is 5.02 Å². The first-order chi connectivity index (χ1) is 14.7. The van der Waals surface area contributed by atoms with Crippen LogP contribution in [0.15, 0.2) is 77.7 Å². The summed E-state index contributed by atoms with van der Waals surface area (Å²) in [7, 11) is -4.13. The van der Waals surface area contributed by atoms with Crippen LogP contribution in [0.25, 0.3) is 11.1 Å². The number of primary sulfonamides is 1. The fourth-order valence-corrected chi connectivity index (χ4v) is 3.90. The Balaban J connectivity index is 1.75. The van der Waals surface area contributed by atoms with Crippen LogP contribution >= 0.6 is 11.6 Å². The summed E-state index contributed by atoms with van der Waals surface area (Å²) in [6.45, 7) is 1.41. The van der Waals surface area contributed by atoms with Gasteiger partial charge in [0.25, 0.3) is 5.91 Å². The number of benzene rings is 3. The largest absolute Gasteiger partial charge is 0.449 e. The summed E-state index contributed by atoms with van der Waals surface area (Å²) in [6.07, 6.45) is -1.15. The van der Waals surface area contributed by atoms with Gasteiger partial charge in [-0.25, -0.2) is 18.4 Å². The van der Waals surface area contributed by atoms with Crippen LogP contribution in [-0.2, 0) is 19.6 Å². The number of para-hydroxylation sites is 1. The zero-order valence-corrected chi connectivity index (χ0v) is 18.0. The van der Waals surface area contributed by atoms with Crippen LogP contribution in [0.3, 0.4) is 0 Å². The van der Waals surface area contributed by atoms with Gasteiger partial charge in [-0.1, -0.05) is 60.1 Å². The fourth-order valence-electron chi connectivity index (χ4n) is 2.83. The molecule has 0 aliphatic carbocycles. The van der Waals surface area contributed by atoms with Crippen LogP contribution in [0, 0.1) is 0 Å². The lowest BCUT2D eigenvalue weighted by atomic mass is 10.0. The highest BCUT2D eigenvalue weighted by atomic mass is 35.5. The van der Waals surface area contributed by atoms with Crippen molar-refractivity contribution in [2.45, 2.75) is 17.9 Å². The molecule has 3 aromatic carbocycles. The van der Waals surface area contributed by atoms with E-state index in [0.717, 1.165) is 17.2 Å². The van der Waals surface area contributed by atoms with Gasteiger partial charge in [0.1, 0.15) is 4.90 Å². The SMILES string of the molecule is CC(OC(=O)c1ccc(Cl)c(S(N)(=O)=O)c1)C(=O)Nc1ccccc1-c1ccccc1. The summed E-state index contributed by atoms with van der Waals surface area (Å²) in [5, 5.41) is 7.73. The molecule has 9 heteroatoms. The van der Waals surface area contributed by atoms with Crippen molar-refractivity contribution in [3.8, 4) is 11.1 Å². The number of sulfonamides is 1. The third-order valence-electron chi connectivity index (χ3n) is 4.40. The molecule has 31 heavy (non-hydrogen) atoms. The third-order valence-corrected chi connectivity index (χ3v) is 5.79. The normalized spacial score (nSPS) is 12.1. The van der Waals surface area contributed by atoms with Crippen LogP contribution < -0.4 is 10.5 Å². The van der Waals surface area contributed by atoms with Crippen LogP contribution in [0.5, 0.6) is 0 Å². The Kier molecular flexibility index (Phi) is 6.74. The lowest BCUT2D eigenvalue weighted by Crippen LogP contribution is -2.30. The summed E-state index contributed by atoms with van der Waals surface area (Å²) in [5.41, 5.74) is 2.19. The number of amides is 1. The molecule has 0 bridgehead atoms. The minimum absolute atomic E-state index is 0.0993. The van der Waals surface area contributed by atoms with Gasteiger partial charge in [-0.05, 0) is 36.8 Å². The van der Waals surface area contributed by atoms with Gasteiger partial charge in [-0.3, -0.25) is 4.79 Å². The second kappa shape index (κ2) is 9.30. The highest BCUT2D eigenvalue weighted by Gasteiger charge is 2.22. The van der Waals surface area contributed by atoms with E-state index in [-0.39, 0.29) is 10.6 Å². The molecule has 3 aromatic rings. The van der Waals surface area contributed by atoms with E-state index in [1.165, 1.54) is 19.1 Å². The van der Waals surface area contributed by atoms with Crippen LogP contribution in [0.4, 0.5) is 5.69 Å². The van der Waals surface area contributed by atoms with Gasteiger partial charge in [0, 0.05) is 11.3 Å². The lowest BCUT2D eigenvalue weighted by Gasteiger charge is -2.16. The topological polar surface area (TPSA) is 116 Å². The molecule has 160 valence electrons. The second-order valence-electron chi connectivity index (χ2n) is 6.64. The molecule has 0 heterocycles. The van der Waals surface area contributed by atoms with E-state index in [0.29, 0.717) is 5.69 Å². The predicted molar refractivity (Wildman–Crippen MR) is 118 cm³/mol. The first kappa shape index (κ1) is 22.5. The van der Waals surface area contributed by atoms with E-state index in [1.807, 2.05) is 42.5 Å². The van der Waals surface area contributed by atoms with Gasteiger partial charge >= 0.3 is 5.97 Å². The molecule has 0 aliphatic rings. The van der Waals surface area contributed by atoms with Gasteiger partial charge in [0.05, 0.1) is 10.6 Å². The molecule has 0 saturated heterocycles. The summed E-state index contributed by atoms with van der Waals surface area (Å²) in [4.78, 5) is 24.6. The number of hydrogen-bond acceptors (Lipinski definition) is 5. The minimum Gasteiger partial charge on any atom is -0.449 e. The number of ether oxygens (including phenoxy) is 1. The number of carbonyl (C=O) groups excluding carboxylic acids is 2. The molecule has 1 amide bonds. The minimum atomic E-state index is -4.13. The molecular formula is C22H19ClN2O5S. The lowest BCUT2D eigenvalue weighted by molar-refractivity contribution is -0.123. The van der Waals surface area contributed by atoms with Crippen LogP contribution in [-0.4, -0.2) is 26.4 Å². The van der Waals surface area contributed by atoms with E-state index >= 15 is 0 Å². The van der Waals surface area contributed by atoms with E-state index < -0.39 is 32.9 Å². The van der Waals surface area contributed by atoms with Crippen molar-refractivity contribution < 1.29 is 22.7 Å². The Morgan fingerprint density at radius 1 is 1.00 bits per heavy atom. The molecule has 1 unspecified atom stereocenters. The van der Waals surface area contributed by atoms with Crippen molar-refractivity contribution in [2.75, 3.05) is 5.32 Å².